The van der Waals surface area contributed by atoms with Gasteiger partial charge < -0.3 is 16.0 Å². The molecular formula is C27H36FN5O2. The van der Waals surface area contributed by atoms with E-state index in [0.29, 0.717) is 38.9 Å². The van der Waals surface area contributed by atoms with Gasteiger partial charge in [-0.1, -0.05) is 42.5 Å². The van der Waals surface area contributed by atoms with E-state index in [1.54, 1.807) is 4.90 Å². The summed E-state index contributed by atoms with van der Waals surface area (Å²) >= 11 is 0. The second-order valence-corrected chi connectivity index (χ2v) is 9.32. The van der Waals surface area contributed by atoms with Crippen LogP contribution in [0.3, 0.4) is 0 Å². The quantitative estimate of drug-likeness (QED) is 0.391. The molecule has 0 aromatic carbocycles. The van der Waals surface area contributed by atoms with Gasteiger partial charge in [-0.15, -0.1) is 0 Å². The summed E-state index contributed by atoms with van der Waals surface area (Å²) < 4.78 is 14.7. The van der Waals surface area contributed by atoms with Gasteiger partial charge in [0, 0.05) is 37.9 Å². The van der Waals surface area contributed by atoms with E-state index in [1.165, 1.54) is 23.3 Å². The van der Waals surface area contributed by atoms with Crippen molar-refractivity contribution in [3.63, 3.8) is 0 Å². The van der Waals surface area contributed by atoms with Crippen LogP contribution in [0.15, 0.2) is 76.8 Å². The average molecular weight is 482 g/mol. The molecule has 0 aliphatic carbocycles. The molecule has 0 bridgehead atoms. The van der Waals surface area contributed by atoms with Gasteiger partial charge in [0.15, 0.2) is 11.7 Å². The van der Waals surface area contributed by atoms with Crippen LogP contribution < -0.4 is 11.1 Å². The number of amides is 2. The van der Waals surface area contributed by atoms with Crippen LogP contribution in [0, 0.1) is 0 Å². The summed E-state index contributed by atoms with van der Waals surface area (Å²) in [5, 5.41) is 3.22. The van der Waals surface area contributed by atoms with Gasteiger partial charge in [-0.05, 0) is 56.8 Å². The highest BCUT2D eigenvalue weighted by atomic mass is 19.1. The number of rotatable bonds is 9. The van der Waals surface area contributed by atoms with Gasteiger partial charge in [-0.2, -0.15) is 0 Å². The van der Waals surface area contributed by atoms with E-state index in [0.717, 1.165) is 30.7 Å². The minimum Gasteiger partial charge on any atom is -0.369 e. The van der Waals surface area contributed by atoms with Gasteiger partial charge in [0.1, 0.15) is 0 Å². The Balaban J connectivity index is 1.54. The molecule has 3 N–H and O–H groups in total. The molecule has 0 radical (unpaired) electrons. The van der Waals surface area contributed by atoms with Crippen LogP contribution in [-0.4, -0.2) is 66.2 Å². The molecule has 0 unspecified atom stereocenters. The van der Waals surface area contributed by atoms with Crippen molar-refractivity contribution in [2.75, 3.05) is 32.7 Å². The standard InChI is InChI=1S/C27H36FN5O2/c1-4-26(35)33-14-6-8-23(17-33)31-27-24(28)9-5-7-22(30-27)13-11-19(2)10-12-21-16-32(15-20(21)3)18-25(29)34/h4,7,9-10,12,23H,1-2,5-6,8,11,13-18H2,3H3,(H2,29,34)(H,30,31)/b12-10-/t23-/m1/s1. The summed E-state index contributed by atoms with van der Waals surface area (Å²) in [5.41, 5.74) is 9.46. The predicted octanol–water partition coefficient (Wildman–Crippen LogP) is 3.30. The third-order valence-corrected chi connectivity index (χ3v) is 6.39. The van der Waals surface area contributed by atoms with Crippen molar-refractivity contribution < 1.29 is 14.0 Å². The molecule has 3 aliphatic rings. The monoisotopic (exact) mass is 481 g/mol. The molecule has 0 aromatic heterocycles. The number of halogens is 1. The fourth-order valence-corrected chi connectivity index (χ4v) is 4.50. The lowest BCUT2D eigenvalue weighted by molar-refractivity contribution is -0.127. The first-order valence-corrected chi connectivity index (χ1v) is 12.1. The van der Waals surface area contributed by atoms with Gasteiger partial charge in [-0.3, -0.25) is 14.5 Å². The smallest absolute Gasteiger partial charge is 0.246 e. The number of carbonyl (C=O) groups excluding carboxylic acids is 2. The summed E-state index contributed by atoms with van der Waals surface area (Å²) in [6.07, 6.45) is 12.3. The van der Waals surface area contributed by atoms with Crippen molar-refractivity contribution in [3.05, 3.63) is 71.8 Å². The average Bonchev–Trinajstić information content (AvgIpc) is 3.07. The Labute approximate surface area is 207 Å². The maximum Gasteiger partial charge on any atom is 0.246 e. The number of hydrogen-bond acceptors (Lipinski definition) is 5. The zero-order valence-electron chi connectivity index (χ0n) is 20.6. The molecule has 3 rings (SSSR count). The minimum absolute atomic E-state index is 0.0557. The third kappa shape index (κ3) is 7.89. The molecule has 1 atom stereocenters. The van der Waals surface area contributed by atoms with Crippen molar-refractivity contribution in [1.29, 1.82) is 0 Å². The number of piperidine rings is 1. The SMILES string of the molecule is C=CC(=O)N1CCC[C@@H](NC2=NC(CCC(=C)/C=C\C3=C(C)CN(CC(N)=O)C3)=CCC=C2F)C1. The third-order valence-electron chi connectivity index (χ3n) is 6.39. The van der Waals surface area contributed by atoms with E-state index < -0.39 is 0 Å². The Bertz CT molecular complexity index is 1020. The molecule has 1 saturated heterocycles. The molecular weight excluding hydrogens is 445 g/mol. The van der Waals surface area contributed by atoms with Crippen molar-refractivity contribution >= 4 is 17.6 Å². The Morgan fingerprint density at radius 2 is 2.14 bits per heavy atom. The minimum atomic E-state index is -0.369. The number of primary amides is 1. The number of amidine groups is 1. The first kappa shape index (κ1) is 26.3. The fourth-order valence-electron chi connectivity index (χ4n) is 4.50. The normalized spacial score (nSPS) is 21.4. The van der Waals surface area contributed by atoms with Crippen molar-refractivity contribution in [3.8, 4) is 0 Å². The molecule has 0 saturated carbocycles. The zero-order chi connectivity index (χ0) is 25.4. The molecule has 3 heterocycles. The zero-order valence-corrected chi connectivity index (χ0v) is 20.6. The Kier molecular flexibility index (Phi) is 9.37. The number of allylic oxidation sites excluding steroid dienone is 5. The maximum atomic E-state index is 14.7. The van der Waals surface area contributed by atoms with Gasteiger partial charge >= 0.3 is 0 Å². The second-order valence-electron chi connectivity index (χ2n) is 9.32. The first-order chi connectivity index (χ1) is 16.7. The summed E-state index contributed by atoms with van der Waals surface area (Å²) in [6, 6.07) is -0.0557. The van der Waals surface area contributed by atoms with E-state index in [-0.39, 0.29) is 36.1 Å². The van der Waals surface area contributed by atoms with Crippen molar-refractivity contribution in [2.24, 2.45) is 10.7 Å². The molecule has 0 aromatic rings. The molecule has 35 heavy (non-hydrogen) atoms. The van der Waals surface area contributed by atoms with Crippen LogP contribution in [0.2, 0.25) is 0 Å². The van der Waals surface area contributed by atoms with E-state index in [4.69, 9.17) is 5.73 Å². The Hall–Kier alpha value is -3.26. The lowest BCUT2D eigenvalue weighted by Gasteiger charge is -2.33. The molecule has 0 spiro atoms. The van der Waals surface area contributed by atoms with E-state index in [9.17, 15) is 14.0 Å². The highest BCUT2D eigenvalue weighted by Gasteiger charge is 2.24. The van der Waals surface area contributed by atoms with Gasteiger partial charge in [0.25, 0.3) is 0 Å². The fraction of sp³-hybridized carbons (Fsp3) is 0.444. The second kappa shape index (κ2) is 12.4. The molecule has 3 aliphatic heterocycles. The number of likely N-dealkylation sites (tertiary alicyclic amines) is 1. The number of hydrogen-bond donors (Lipinski definition) is 2. The number of nitrogens with two attached hydrogens (primary N) is 1. The summed E-state index contributed by atoms with van der Waals surface area (Å²) in [5.74, 6) is -0.567. The van der Waals surface area contributed by atoms with Crippen LogP contribution in [0.4, 0.5) is 4.39 Å². The van der Waals surface area contributed by atoms with Crippen molar-refractivity contribution in [2.45, 2.75) is 45.1 Å². The van der Waals surface area contributed by atoms with Gasteiger partial charge in [0.05, 0.1) is 6.54 Å². The van der Waals surface area contributed by atoms with Crippen LogP contribution >= 0.6 is 0 Å². The van der Waals surface area contributed by atoms with Crippen molar-refractivity contribution in [1.82, 2.24) is 15.1 Å². The largest absolute Gasteiger partial charge is 0.369 e. The highest BCUT2D eigenvalue weighted by Crippen LogP contribution is 2.22. The molecule has 1 fully saturated rings. The van der Waals surface area contributed by atoms with Crippen LogP contribution in [-0.2, 0) is 9.59 Å². The number of aliphatic imine (C=N–C) groups is 1. The molecule has 7 nitrogen and oxygen atoms in total. The maximum absolute atomic E-state index is 14.7. The number of nitrogens with one attached hydrogen (secondary N) is 1. The van der Waals surface area contributed by atoms with E-state index >= 15 is 0 Å². The van der Waals surface area contributed by atoms with Crippen LogP contribution in [0.5, 0.6) is 0 Å². The molecule has 188 valence electrons. The van der Waals surface area contributed by atoms with E-state index in [2.05, 4.69) is 36.5 Å². The molecule has 8 heteroatoms. The Morgan fingerprint density at radius 3 is 2.89 bits per heavy atom. The van der Waals surface area contributed by atoms with Gasteiger partial charge in [0.2, 0.25) is 11.8 Å². The lowest BCUT2D eigenvalue weighted by Crippen LogP contribution is -2.49. The predicted molar refractivity (Wildman–Crippen MR) is 138 cm³/mol. The van der Waals surface area contributed by atoms with Crippen LogP contribution in [0.1, 0.15) is 39.0 Å². The highest BCUT2D eigenvalue weighted by molar-refractivity contribution is 5.97. The summed E-state index contributed by atoms with van der Waals surface area (Å²) in [7, 11) is 0. The first-order valence-electron chi connectivity index (χ1n) is 12.1. The lowest BCUT2D eigenvalue weighted by atomic mass is 10.1. The topological polar surface area (TPSA) is 91.0 Å². The van der Waals surface area contributed by atoms with Gasteiger partial charge in [-0.25, -0.2) is 9.38 Å². The number of nitrogens with zero attached hydrogens (tertiary/aromatic N) is 3. The molecule has 2 amide bonds. The number of carbonyl (C=O) groups is 2. The van der Waals surface area contributed by atoms with Crippen LogP contribution in [0.25, 0.3) is 0 Å². The van der Waals surface area contributed by atoms with E-state index in [1.807, 2.05) is 17.1 Å². The summed E-state index contributed by atoms with van der Waals surface area (Å²) in [6.45, 7) is 12.7. The Morgan fingerprint density at radius 1 is 1.34 bits per heavy atom. The summed E-state index contributed by atoms with van der Waals surface area (Å²) in [4.78, 5) is 31.4.